The standard InChI is InChI=1S/C20H32O3/c1-6-19(4)11-8-12-13(17(19)23)14(21)15(22)16-18(2,3)9-7-10-20(12,16)5/h6,14-17,21-23H,1,7-11H2,2-5H3/t14-,15+,16-,17-,19-,20+/m0/s1. The Morgan fingerprint density at radius 3 is 2.30 bits per heavy atom. The van der Waals surface area contributed by atoms with Gasteiger partial charge in [0.05, 0.1) is 12.2 Å². The van der Waals surface area contributed by atoms with Crippen molar-refractivity contribution in [2.45, 2.75) is 78.1 Å². The van der Waals surface area contributed by atoms with Gasteiger partial charge in [-0.1, -0.05) is 45.8 Å². The maximum absolute atomic E-state index is 11.0. The van der Waals surface area contributed by atoms with Crippen LogP contribution in [0, 0.1) is 22.2 Å². The van der Waals surface area contributed by atoms with E-state index in [2.05, 4.69) is 27.4 Å². The van der Waals surface area contributed by atoms with Crippen LogP contribution in [0.5, 0.6) is 0 Å². The number of fused-ring (bicyclic) bond motifs is 2. The van der Waals surface area contributed by atoms with Gasteiger partial charge in [0.25, 0.3) is 0 Å². The number of hydrogen-bond donors (Lipinski definition) is 3. The molecule has 0 aromatic rings. The monoisotopic (exact) mass is 320 g/mol. The molecule has 3 N–H and O–H groups in total. The van der Waals surface area contributed by atoms with Crippen LogP contribution in [0.2, 0.25) is 0 Å². The molecule has 23 heavy (non-hydrogen) atoms. The van der Waals surface area contributed by atoms with Crippen molar-refractivity contribution in [2.75, 3.05) is 0 Å². The lowest BCUT2D eigenvalue weighted by Crippen LogP contribution is -2.60. The normalized spacial score (nSPS) is 49.3. The Morgan fingerprint density at radius 1 is 1.04 bits per heavy atom. The highest BCUT2D eigenvalue weighted by Crippen LogP contribution is 2.62. The van der Waals surface area contributed by atoms with Crippen molar-refractivity contribution >= 4 is 0 Å². The second-order valence-corrected chi connectivity index (χ2v) is 9.22. The fourth-order valence-electron chi connectivity index (χ4n) is 5.99. The van der Waals surface area contributed by atoms with E-state index in [0.717, 1.165) is 32.1 Å². The summed E-state index contributed by atoms with van der Waals surface area (Å²) in [7, 11) is 0. The smallest absolute Gasteiger partial charge is 0.104 e. The average molecular weight is 320 g/mol. The summed E-state index contributed by atoms with van der Waals surface area (Å²) >= 11 is 0. The van der Waals surface area contributed by atoms with Gasteiger partial charge in [0.1, 0.15) is 6.10 Å². The molecule has 0 aromatic carbocycles. The molecule has 3 rings (SSSR count). The predicted molar refractivity (Wildman–Crippen MR) is 91.8 cm³/mol. The van der Waals surface area contributed by atoms with Crippen molar-refractivity contribution in [1.82, 2.24) is 0 Å². The molecule has 0 amide bonds. The fraction of sp³-hybridized carbons (Fsp3) is 0.800. The molecule has 0 bridgehead atoms. The van der Waals surface area contributed by atoms with Gasteiger partial charge in [-0.3, -0.25) is 0 Å². The van der Waals surface area contributed by atoms with Crippen LogP contribution in [0.15, 0.2) is 23.8 Å². The minimum absolute atomic E-state index is 0.00390. The summed E-state index contributed by atoms with van der Waals surface area (Å²) in [5.41, 5.74) is 1.34. The molecule has 3 aliphatic carbocycles. The van der Waals surface area contributed by atoms with Crippen LogP contribution in [0.3, 0.4) is 0 Å². The van der Waals surface area contributed by atoms with E-state index < -0.39 is 23.7 Å². The Hall–Kier alpha value is -0.640. The molecule has 0 radical (unpaired) electrons. The third-order valence-corrected chi connectivity index (χ3v) is 7.37. The van der Waals surface area contributed by atoms with Gasteiger partial charge in [-0.15, -0.1) is 6.58 Å². The molecule has 0 spiro atoms. The average Bonchev–Trinajstić information content (AvgIpc) is 2.46. The molecule has 0 saturated heterocycles. The molecule has 3 heteroatoms. The van der Waals surface area contributed by atoms with Crippen LogP contribution in [-0.4, -0.2) is 33.6 Å². The minimum atomic E-state index is -0.963. The molecule has 130 valence electrons. The molecule has 6 atom stereocenters. The quantitative estimate of drug-likeness (QED) is 0.650. The Labute approximate surface area is 140 Å². The van der Waals surface area contributed by atoms with E-state index >= 15 is 0 Å². The molecule has 0 aliphatic heterocycles. The first-order valence-electron chi connectivity index (χ1n) is 9.00. The summed E-state index contributed by atoms with van der Waals surface area (Å²) in [4.78, 5) is 0. The third-order valence-electron chi connectivity index (χ3n) is 7.37. The molecule has 0 unspecified atom stereocenters. The molecule has 3 nitrogen and oxygen atoms in total. The largest absolute Gasteiger partial charge is 0.390 e. The Kier molecular flexibility index (Phi) is 3.87. The van der Waals surface area contributed by atoms with Crippen molar-refractivity contribution in [3.05, 3.63) is 23.8 Å². The molecular weight excluding hydrogens is 288 g/mol. The molecule has 0 aromatic heterocycles. The van der Waals surface area contributed by atoms with Crippen LogP contribution in [0.4, 0.5) is 0 Å². The molecule has 1 saturated carbocycles. The minimum Gasteiger partial charge on any atom is -0.390 e. The van der Waals surface area contributed by atoms with Crippen molar-refractivity contribution in [3.63, 3.8) is 0 Å². The van der Waals surface area contributed by atoms with Crippen molar-refractivity contribution < 1.29 is 15.3 Å². The molecule has 0 heterocycles. The number of aliphatic hydroxyl groups is 3. The first-order chi connectivity index (χ1) is 10.6. The van der Waals surface area contributed by atoms with Gasteiger partial charge >= 0.3 is 0 Å². The maximum atomic E-state index is 11.0. The zero-order chi connectivity index (χ0) is 17.2. The molecule has 1 fully saturated rings. The zero-order valence-electron chi connectivity index (χ0n) is 15.0. The van der Waals surface area contributed by atoms with Gasteiger partial charge in [0, 0.05) is 11.3 Å². The summed E-state index contributed by atoms with van der Waals surface area (Å²) in [5.74, 6) is 0.0396. The Bertz CT molecular complexity index is 549. The SMILES string of the molecule is C=C[C@@]1(C)CCC2=C([C@H](O)[C@@H](O)[C@H]3C(C)(C)CCC[C@]23C)[C@@H]1O. The predicted octanol–water partition coefficient (Wildman–Crippen LogP) is 3.20. The highest BCUT2D eigenvalue weighted by molar-refractivity contribution is 5.39. The van der Waals surface area contributed by atoms with E-state index in [1.54, 1.807) is 6.08 Å². The molecular formula is C20H32O3. The Balaban J connectivity index is 2.17. The highest BCUT2D eigenvalue weighted by atomic mass is 16.3. The second-order valence-electron chi connectivity index (χ2n) is 9.22. The van der Waals surface area contributed by atoms with E-state index in [9.17, 15) is 15.3 Å². The van der Waals surface area contributed by atoms with Crippen LogP contribution in [-0.2, 0) is 0 Å². The molecule has 3 aliphatic rings. The third kappa shape index (κ3) is 2.20. The van der Waals surface area contributed by atoms with Crippen LogP contribution < -0.4 is 0 Å². The summed E-state index contributed by atoms with van der Waals surface area (Å²) < 4.78 is 0. The van der Waals surface area contributed by atoms with Gasteiger partial charge in [-0.2, -0.15) is 0 Å². The van der Waals surface area contributed by atoms with Crippen molar-refractivity contribution in [3.8, 4) is 0 Å². The summed E-state index contributed by atoms with van der Waals surface area (Å²) in [5, 5.41) is 32.8. The lowest BCUT2D eigenvalue weighted by Gasteiger charge is -2.60. The van der Waals surface area contributed by atoms with Crippen LogP contribution >= 0.6 is 0 Å². The topological polar surface area (TPSA) is 60.7 Å². The van der Waals surface area contributed by atoms with Gasteiger partial charge in [-0.25, -0.2) is 0 Å². The number of allylic oxidation sites excluding steroid dienone is 1. The summed E-state index contributed by atoms with van der Waals surface area (Å²) in [6.07, 6.45) is 4.24. The first-order valence-corrected chi connectivity index (χ1v) is 9.00. The van der Waals surface area contributed by atoms with E-state index in [1.165, 1.54) is 5.57 Å². The van der Waals surface area contributed by atoms with Gasteiger partial charge < -0.3 is 15.3 Å². The number of aliphatic hydroxyl groups excluding tert-OH is 3. The zero-order valence-corrected chi connectivity index (χ0v) is 15.0. The number of rotatable bonds is 1. The summed E-state index contributed by atoms with van der Waals surface area (Å²) in [6.45, 7) is 12.5. The van der Waals surface area contributed by atoms with E-state index in [-0.39, 0.29) is 16.7 Å². The second kappa shape index (κ2) is 5.18. The van der Waals surface area contributed by atoms with E-state index in [0.29, 0.717) is 5.57 Å². The number of hydrogen-bond acceptors (Lipinski definition) is 3. The highest BCUT2D eigenvalue weighted by Gasteiger charge is 2.59. The Morgan fingerprint density at radius 2 is 1.70 bits per heavy atom. The van der Waals surface area contributed by atoms with Crippen molar-refractivity contribution in [2.24, 2.45) is 22.2 Å². The summed E-state index contributed by atoms with van der Waals surface area (Å²) in [6, 6.07) is 0. The van der Waals surface area contributed by atoms with Crippen LogP contribution in [0.1, 0.15) is 59.8 Å². The fourth-order valence-corrected chi connectivity index (χ4v) is 5.99. The van der Waals surface area contributed by atoms with Gasteiger partial charge in [-0.05, 0) is 42.1 Å². The maximum Gasteiger partial charge on any atom is 0.104 e. The first kappa shape index (κ1) is 17.2. The van der Waals surface area contributed by atoms with Gasteiger partial charge in [0.2, 0.25) is 0 Å². The van der Waals surface area contributed by atoms with Gasteiger partial charge in [0.15, 0.2) is 0 Å². The van der Waals surface area contributed by atoms with Crippen molar-refractivity contribution in [1.29, 1.82) is 0 Å². The lowest BCUT2D eigenvalue weighted by atomic mass is 9.46. The van der Waals surface area contributed by atoms with Crippen LogP contribution in [0.25, 0.3) is 0 Å². The lowest BCUT2D eigenvalue weighted by molar-refractivity contribution is -0.129. The van der Waals surface area contributed by atoms with E-state index in [4.69, 9.17) is 0 Å². The van der Waals surface area contributed by atoms with E-state index in [1.807, 2.05) is 6.92 Å².